The summed E-state index contributed by atoms with van der Waals surface area (Å²) in [6.07, 6.45) is 0. The fraction of sp³-hybridized carbons (Fsp3) is 0.208. The summed E-state index contributed by atoms with van der Waals surface area (Å²) >= 11 is 0. The van der Waals surface area contributed by atoms with Gasteiger partial charge in [0.05, 0.1) is 5.69 Å². The molecule has 0 bridgehead atoms. The first-order valence-corrected chi connectivity index (χ1v) is 10.3. The zero-order chi connectivity index (χ0) is 23.4. The molecule has 1 N–H and O–H groups in total. The molecule has 0 saturated carbocycles. The van der Waals surface area contributed by atoms with Crippen molar-refractivity contribution >= 4 is 28.5 Å². The quantitative estimate of drug-likeness (QED) is 0.435. The molecule has 2 aromatic carbocycles. The molecule has 0 aliphatic carbocycles. The van der Waals surface area contributed by atoms with E-state index in [-0.39, 0.29) is 6.61 Å². The van der Waals surface area contributed by atoms with Crippen LogP contribution in [0.15, 0.2) is 54.6 Å². The van der Waals surface area contributed by atoms with E-state index in [1.807, 2.05) is 56.3 Å². The summed E-state index contributed by atoms with van der Waals surface area (Å²) in [5.74, 6) is 0.103. The summed E-state index contributed by atoms with van der Waals surface area (Å²) < 4.78 is 12.0. The number of carbonyl (C=O) groups is 2. The summed E-state index contributed by atoms with van der Waals surface area (Å²) in [7, 11) is 0. The second-order valence-electron chi connectivity index (χ2n) is 7.54. The molecule has 1 amide bonds. The highest BCUT2D eigenvalue weighted by Gasteiger charge is 2.15. The number of benzene rings is 2. The highest BCUT2D eigenvalue weighted by atomic mass is 16.6. The number of fused-ring (bicyclic) bond motifs is 1. The Morgan fingerprint density at radius 2 is 1.61 bits per heavy atom. The Hall–Kier alpha value is -4.27. The molecule has 4 aromatic rings. The number of aryl methyl sites for hydroxylation is 3. The van der Waals surface area contributed by atoms with Crippen LogP contribution in [0.4, 0.5) is 5.82 Å². The van der Waals surface area contributed by atoms with Crippen molar-refractivity contribution in [2.24, 2.45) is 0 Å². The summed E-state index contributed by atoms with van der Waals surface area (Å²) in [4.78, 5) is 33.1. The zero-order valence-electron chi connectivity index (χ0n) is 18.5. The molecule has 2 heterocycles. The van der Waals surface area contributed by atoms with E-state index < -0.39 is 18.5 Å². The van der Waals surface area contributed by atoms with Crippen LogP contribution in [0.3, 0.4) is 0 Å². The van der Waals surface area contributed by atoms with Crippen molar-refractivity contribution in [1.82, 2.24) is 19.7 Å². The number of ether oxygens (including phenoxy) is 2. The Labute approximate surface area is 190 Å². The van der Waals surface area contributed by atoms with Crippen LogP contribution in [0.25, 0.3) is 16.7 Å². The summed E-state index contributed by atoms with van der Waals surface area (Å²) in [6.45, 7) is 4.73. The van der Waals surface area contributed by atoms with E-state index in [9.17, 15) is 9.59 Å². The maximum atomic E-state index is 12.4. The molecular weight excluding hydrogens is 422 g/mol. The number of hydrogen-bond donors (Lipinski definition) is 1. The third-order valence-corrected chi connectivity index (χ3v) is 4.70. The van der Waals surface area contributed by atoms with E-state index in [0.29, 0.717) is 23.2 Å². The molecule has 2 aromatic heterocycles. The maximum Gasteiger partial charge on any atom is 0.344 e. The van der Waals surface area contributed by atoms with Crippen LogP contribution in [0, 0.1) is 20.8 Å². The SMILES string of the molecule is Cc1cc(C)nc(-n2nc(C)cc2NC(=O)COC(=O)COc2ccc3ccccc3c2)n1. The lowest BCUT2D eigenvalue weighted by molar-refractivity contribution is -0.149. The Bertz CT molecular complexity index is 1310. The lowest BCUT2D eigenvalue weighted by Crippen LogP contribution is -2.24. The van der Waals surface area contributed by atoms with Crippen LogP contribution in [0.1, 0.15) is 17.1 Å². The maximum absolute atomic E-state index is 12.4. The average molecular weight is 445 g/mol. The highest BCUT2D eigenvalue weighted by molar-refractivity contribution is 5.92. The van der Waals surface area contributed by atoms with Crippen molar-refractivity contribution in [2.45, 2.75) is 20.8 Å². The van der Waals surface area contributed by atoms with Crippen molar-refractivity contribution in [3.8, 4) is 11.7 Å². The fourth-order valence-electron chi connectivity index (χ4n) is 3.31. The van der Waals surface area contributed by atoms with Gasteiger partial charge in [0.1, 0.15) is 11.6 Å². The number of carbonyl (C=O) groups excluding carboxylic acids is 2. The minimum atomic E-state index is -0.652. The number of nitrogens with zero attached hydrogens (tertiary/aromatic N) is 4. The molecule has 0 atom stereocenters. The van der Waals surface area contributed by atoms with E-state index in [0.717, 1.165) is 22.2 Å². The molecule has 4 rings (SSSR count). The summed E-state index contributed by atoms with van der Waals surface area (Å²) in [6, 6.07) is 16.9. The monoisotopic (exact) mass is 445 g/mol. The molecule has 9 heteroatoms. The van der Waals surface area contributed by atoms with Crippen molar-refractivity contribution in [3.05, 3.63) is 71.7 Å². The first-order valence-electron chi connectivity index (χ1n) is 10.3. The number of aromatic nitrogens is 4. The van der Waals surface area contributed by atoms with Gasteiger partial charge in [0.2, 0.25) is 0 Å². The molecule has 0 spiro atoms. The largest absolute Gasteiger partial charge is 0.482 e. The molecular formula is C24H23N5O4. The number of nitrogens with one attached hydrogen (secondary N) is 1. The summed E-state index contributed by atoms with van der Waals surface area (Å²) in [5, 5.41) is 9.10. The van der Waals surface area contributed by atoms with Crippen LogP contribution in [0.2, 0.25) is 0 Å². The van der Waals surface area contributed by atoms with Crippen LogP contribution in [-0.4, -0.2) is 44.8 Å². The molecule has 0 saturated heterocycles. The van der Waals surface area contributed by atoms with E-state index in [4.69, 9.17) is 9.47 Å². The predicted molar refractivity (Wildman–Crippen MR) is 122 cm³/mol. The Balaban J connectivity index is 1.32. The van der Waals surface area contributed by atoms with Crippen LogP contribution in [-0.2, 0) is 14.3 Å². The van der Waals surface area contributed by atoms with Gasteiger partial charge in [0.25, 0.3) is 11.9 Å². The van der Waals surface area contributed by atoms with Gasteiger partial charge < -0.3 is 14.8 Å². The Kier molecular flexibility index (Phi) is 6.30. The topological polar surface area (TPSA) is 108 Å². The van der Waals surface area contributed by atoms with Crippen LogP contribution < -0.4 is 10.1 Å². The molecule has 9 nitrogen and oxygen atoms in total. The number of esters is 1. The van der Waals surface area contributed by atoms with Gasteiger partial charge in [-0.1, -0.05) is 30.3 Å². The molecule has 0 radical (unpaired) electrons. The van der Waals surface area contributed by atoms with Gasteiger partial charge in [-0.2, -0.15) is 9.78 Å². The van der Waals surface area contributed by atoms with Crippen molar-refractivity contribution in [3.63, 3.8) is 0 Å². The molecule has 0 unspecified atom stereocenters. The molecule has 168 valence electrons. The van der Waals surface area contributed by atoms with Gasteiger partial charge in [-0.15, -0.1) is 0 Å². The van der Waals surface area contributed by atoms with Crippen LogP contribution >= 0.6 is 0 Å². The third-order valence-electron chi connectivity index (χ3n) is 4.70. The van der Waals surface area contributed by atoms with Gasteiger partial charge in [-0.05, 0) is 49.7 Å². The molecule has 0 aliphatic heterocycles. The van der Waals surface area contributed by atoms with Crippen LogP contribution in [0.5, 0.6) is 5.75 Å². The van der Waals surface area contributed by atoms with Gasteiger partial charge in [-0.25, -0.2) is 14.8 Å². The Morgan fingerprint density at radius 1 is 0.879 bits per heavy atom. The number of rotatable bonds is 7. The van der Waals surface area contributed by atoms with E-state index in [1.54, 1.807) is 19.1 Å². The van der Waals surface area contributed by atoms with Gasteiger partial charge in [0, 0.05) is 17.5 Å². The molecule has 0 aliphatic rings. The lowest BCUT2D eigenvalue weighted by atomic mass is 10.1. The van der Waals surface area contributed by atoms with E-state index in [2.05, 4.69) is 20.4 Å². The smallest absolute Gasteiger partial charge is 0.344 e. The average Bonchev–Trinajstić information content (AvgIpc) is 3.15. The lowest BCUT2D eigenvalue weighted by Gasteiger charge is -2.10. The minimum absolute atomic E-state index is 0.306. The molecule has 33 heavy (non-hydrogen) atoms. The third kappa shape index (κ3) is 5.51. The zero-order valence-corrected chi connectivity index (χ0v) is 18.5. The first kappa shape index (κ1) is 21.9. The fourth-order valence-corrected chi connectivity index (χ4v) is 3.31. The predicted octanol–water partition coefficient (Wildman–Crippen LogP) is 3.30. The highest BCUT2D eigenvalue weighted by Crippen LogP contribution is 2.20. The first-order chi connectivity index (χ1) is 15.9. The number of hydrogen-bond acceptors (Lipinski definition) is 7. The van der Waals surface area contributed by atoms with Gasteiger partial charge in [-0.3, -0.25) is 4.79 Å². The number of anilines is 1. The minimum Gasteiger partial charge on any atom is -0.482 e. The standard InChI is InChI=1S/C24H23N5O4/c1-15-10-16(2)26-24(25-15)29-21(11-17(3)28-29)27-22(30)13-33-23(31)14-32-20-9-8-18-6-4-5-7-19(18)12-20/h4-12H,13-14H2,1-3H3,(H,27,30). The van der Waals surface area contributed by atoms with Crippen molar-refractivity contribution < 1.29 is 19.1 Å². The second kappa shape index (κ2) is 9.47. The van der Waals surface area contributed by atoms with Gasteiger partial charge in [0.15, 0.2) is 13.2 Å². The van der Waals surface area contributed by atoms with Gasteiger partial charge >= 0.3 is 5.97 Å². The summed E-state index contributed by atoms with van der Waals surface area (Å²) in [5.41, 5.74) is 2.24. The molecule has 0 fully saturated rings. The van der Waals surface area contributed by atoms with Crippen molar-refractivity contribution in [1.29, 1.82) is 0 Å². The van der Waals surface area contributed by atoms with E-state index >= 15 is 0 Å². The number of amides is 1. The second-order valence-corrected chi connectivity index (χ2v) is 7.54. The van der Waals surface area contributed by atoms with E-state index in [1.165, 1.54) is 4.68 Å². The van der Waals surface area contributed by atoms with Crippen molar-refractivity contribution in [2.75, 3.05) is 18.5 Å². The Morgan fingerprint density at radius 3 is 2.36 bits per heavy atom. The normalized spacial score (nSPS) is 10.8.